The fourth-order valence-corrected chi connectivity index (χ4v) is 3.31. The monoisotopic (exact) mass is 240 g/mol. The van der Waals surface area contributed by atoms with Gasteiger partial charge in [0, 0.05) is 5.41 Å². The van der Waals surface area contributed by atoms with Crippen molar-refractivity contribution < 1.29 is 0 Å². The fraction of sp³-hybridized carbons (Fsp3) is 0.444. The van der Waals surface area contributed by atoms with E-state index in [9.17, 15) is 0 Å². The molecule has 0 nitrogen and oxygen atoms in total. The Morgan fingerprint density at radius 3 is 2.39 bits per heavy atom. The highest BCUT2D eigenvalue weighted by molar-refractivity contribution is 5.45. The largest absolute Gasteiger partial charge is 0.0719 e. The number of hydrogen-bond acceptors (Lipinski definition) is 0. The van der Waals surface area contributed by atoms with Crippen molar-refractivity contribution in [2.75, 3.05) is 0 Å². The quantitative estimate of drug-likeness (QED) is 0.652. The van der Waals surface area contributed by atoms with E-state index in [1.807, 2.05) is 0 Å². The van der Waals surface area contributed by atoms with E-state index in [-0.39, 0.29) is 5.41 Å². The molecular formula is C18H24. The van der Waals surface area contributed by atoms with Crippen LogP contribution in [0.3, 0.4) is 0 Å². The first-order valence-corrected chi connectivity index (χ1v) is 6.88. The lowest BCUT2D eigenvalue weighted by Gasteiger charge is -2.33. The van der Waals surface area contributed by atoms with Gasteiger partial charge in [-0.2, -0.15) is 0 Å². The van der Waals surface area contributed by atoms with Crippen LogP contribution >= 0.6 is 0 Å². The van der Waals surface area contributed by atoms with Crippen molar-refractivity contribution in [1.82, 2.24) is 0 Å². The van der Waals surface area contributed by atoms with Crippen LogP contribution in [0.25, 0.3) is 0 Å². The van der Waals surface area contributed by atoms with Gasteiger partial charge in [0.2, 0.25) is 0 Å². The molecule has 1 aromatic carbocycles. The van der Waals surface area contributed by atoms with Crippen molar-refractivity contribution >= 4 is 0 Å². The van der Waals surface area contributed by atoms with E-state index in [4.69, 9.17) is 0 Å². The van der Waals surface area contributed by atoms with E-state index in [2.05, 4.69) is 71.0 Å². The molecule has 0 amide bonds. The van der Waals surface area contributed by atoms with Gasteiger partial charge in [0.25, 0.3) is 0 Å². The zero-order chi connectivity index (χ0) is 13.3. The molecule has 1 aliphatic carbocycles. The Kier molecular flexibility index (Phi) is 3.47. The van der Waals surface area contributed by atoms with Crippen LogP contribution in [0.4, 0.5) is 0 Å². The Labute approximate surface area is 111 Å². The SMILES string of the molecule is CC1=CC(C)(c2ccccc2C(C)C)CC(C)=C1. The summed E-state index contributed by atoms with van der Waals surface area (Å²) in [7, 11) is 0. The van der Waals surface area contributed by atoms with Crippen molar-refractivity contribution in [2.24, 2.45) is 0 Å². The lowest BCUT2D eigenvalue weighted by atomic mass is 9.71. The summed E-state index contributed by atoms with van der Waals surface area (Å²) < 4.78 is 0. The van der Waals surface area contributed by atoms with Gasteiger partial charge in [-0.1, -0.05) is 68.3 Å². The highest BCUT2D eigenvalue weighted by atomic mass is 14.3. The molecule has 0 spiro atoms. The van der Waals surface area contributed by atoms with Crippen LogP contribution in [0.1, 0.15) is 58.1 Å². The van der Waals surface area contributed by atoms with Gasteiger partial charge in [-0.05, 0) is 37.3 Å². The van der Waals surface area contributed by atoms with Gasteiger partial charge in [0.1, 0.15) is 0 Å². The Morgan fingerprint density at radius 2 is 1.78 bits per heavy atom. The van der Waals surface area contributed by atoms with E-state index in [1.54, 1.807) is 0 Å². The minimum atomic E-state index is 0.157. The molecule has 0 saturated carbocycles. The van der Waals surface area contributed by atoms with Crippen LogP contribution in [0.2, 0.25) is 0 Å². The summed E-state index contributed by atoms with van der Waals surface area (Å²) >= 11 is 0. The molecule has 0 saturated heterocycles. The third-order valence-corrected chi connectivity index (χ3v) is 3.86. The van der Waals surface area contributed by atoms with Gasteiger partial charge in [-0.3, -0.25) is 0 Å². The second-order valence-electron chi connectivity index (χ2n) is 6.22. The Morgan fingerprint density at radius 1 is 1.11 bits per heavy atom. The van der Waals surface area contributed by atoms with Crippen molar-refractivity contribution in [2.45, 2.75) is 52.4 Å². The van der Waals surface area contributed by atoms with Crippen molar-refractivity contribution in [3.63, 3.8) is 0 Å². The van der Waals surface area contributed by atoms with Gasteiger partial charge in [-0.25, -0.2) is 0 Å². The molecule has 1 aromatic rings. The number of benzene rings is 1. The molecule has 96 valence electrons. The predicted octanol–water partition coefficient (Wildman–Crippen LogP) is 5.36. The zero-order valence-corrected chi connectivity index (χ0v) is 12.2. The van der Waals surface area contributed by atoms with Crippen LogP contribution in [0.15, 0.2) is 47.6 Å². The van der Waals surface area contributed by atoms with E-state index in [0.29, 0.717) is 5.92 Å². The summed E-state index contributed by atoms with van der Waals surface area (Å²) in [5, 5.41) is 0. The standard InChI is InChI=1S/C18H24/c1-13(2)16-8-6-7-9-17(16)18(5)11-14(3)10-15(4)12-18/h6-11,13H,12H2,1-5H3. The van der Waals surface area contributed by atoms with E-state index in [0.717, 1.165) is 6.42 Å². The maximum Gasteiger partial charge on any atom is 0.0149 e. The lowest BCUT2D eigenvalue weighted by molar-refractivity contribution is 0.565. The molecule has 0 heteroatoms. The molecular weight excluding hydrogens is 216 g/mol. The molecule has 1 aliphatic rings. The minimum Gasteiger partial charge on any atom is -0.0719 e. The van der Waals surface area contributed by atoms with Gasteiger partial charge < -0.3 is 0 Å². The Balaban J connectivity index is 2.52. The zero-order valence-electron chi connectivity index (χ0n) is 12.2. The van der Waals surface area contributed by atoms with Gasteiger partial charge >= 0.3 is 0 Å². The van der Waals surface area contributed by atoms with Gasteiger partial charge in [-0.15, -0.1) is 0 Å². The highest BCUT2D eigenvalue weighted by Crippen LogP contribution is 2.40. The maximum atomic E-state index is 2.43. The van der Waals surface area contributed by atoms with Crippen LogP contribution in [0.5, 0.6) is 0 Å². The van der Waals surface area contributed by atoms with Crippen molar-refractivity contribution in [3.05, 3.63) is 58.7 Å². The molecule has 18 heavy (non-hydrogen) atoms. The van der Waals surface area contributed by atoms with Crippen molar-refractivity contribution in [3.8, 4) is 0 Å². The average Bonchev–Trinajstić information content (AvgIpc) is 2.27. The number of rotatable bonds is 2. The fourth-order valence-electron chi connectivity index (χ4n) is 3.31. The molecule has 0 radical (unpaired) electrons. The molecule has 0 aromatic heterocycles. The lowest BCUT2D eigenvalue weighted by Crippen LogP contribution is -2.24. The first-order valence-electron chi connectivity index (χ1n) is 6.88. The molecule has 2 rings (SSSR count). The summed E-state index contributed by atoms with van der Waals surface area (Å²) in [6.45, 7) is 11.4. The summed E-state index contributed by atoms with van der Waals surface area (Å²) in [4.78, 5) is 0. The first-order chi connectivity index (χ1) is 8.42. The smallest absolute Gasteiger partial charge is 0.0149 e. The van der Waals surface area contributed by atoms with Gasteiger partial charge in [0.15, 0.2) is 0 Å². The van der Waals surface area contributed by atoms with Crippen LogP contribution in [-0.2, 0) is 5.41 Å². The molecule has 0 bridgehead atoms. The first kappa shape index (κ1) is 13.1. The summed E-state index contributed by atoms with van der Waals surface area (Å²) in [5.74, 6) is 0.581. The van der Waals surface area contributed by atoms with Crippen LogP contribution < -0.4 is 0 Å². The second kappa shape index (κ2) is 4.76. The van der Waals surface area contributed by atoms with E-state index < -0.39 is 0 Å². The molecule has 0 heterocycles. The number of hydrogen-bond donors (Lipinski definition) is 0. The van der Waals surface area contributed by atoms with E-state index in [1.165, 1.54) is 22.3 Å². The van der Waals surface area contributed by atoms with Crippen LogP contribution in [0, 0.1) is 0 Å². The summed E-state index contributed by atoms with van der Waals surface area (Å²) in [5.41, 5.74) is 6.01. The minimum absolute atomic E-state index is 0.157. The summed E-state index contributed by atoms with van der Waals surface area (Å²) in [6, 6.07) is 8.91. The molecule has 0 aliphatic heterocycles. The predicted molar refractivity (Wildman–Crippen MR) is 80.0 cm³/mol. The van der Waals surface area contributed by atoms with E-state index >= 15 is 0 Å². The average molecular weight is 240 g/mol. The molecule has 0 N–H and O–H groups in total. The highest BCUT2D eigenvalue weighted by Gasteiger charge is 2.29. The maximum absolute atomic E-state index is 2.43. The second-order valence-corrected chi connectivity index (χ2v) is 6.22. The topological polar surface area (TPSA) is 0 Å². The third-order valence-electron chi connectivity index (χ3n) is 3.86. The molecule has 0 fully saturated rings. The Bertz CT molecular complexity index is 503. The molecule has 1 atom stereocenters. The number of allylic oxidation sites excluding steroid dienone is 4. The third kappa shape index (κ3) is 2.43. The molecule has 1 unspecified atom stereocenters. The van der Waals surface area contributed by atoms with Gasteiger partial charge in [0.05, 0.1) is 0 Å². The Hall–Kier alpha value is -1.30. The van der Waals surface area contributed by atoms with Crippen LogP contribution in [-0.4, -0.2) is 0 Å². The normalized spacial score (nSPS) is 23.9. The summed E-state index contributed by atoms with van der Waals surface area (Å²) in [6.07, 6.45) is 5.87. The van der Waals surface area contributed by atoms with Crippen molar-refractivity contribution in [1.29, 1.82) is 0 Å².